The van der Waals surface area contributed by atoms with Gasteiger partial charge in [0.1, 0.15) is 0 Å². The number of hydrogen-bond donors (Lipinski definition) is 2. The van der Waals surface area contributed by atoms with Gasteiger partial charge in [-0.25, -0.2) is 0 Å². The van der Waals surface area contributed by atoms with E-state index in [2.05, 4.69) is 52.4 Å². The molecule has 3 aromatic carbocycles. The van der Waals surface area contributed by atoms with Crippen molar-refractivity contribution in [2.45, 2.75) is 74.1 Å². The fourth-order valence-corrected chi connectivity index (χ4v) is 7.37. The summed E-state index contributed by atoms with van der Waals surface area (Å²) in [7, 11) is 0. The van der Waals surface area contributed by atoms with Crippen molar-refractivity contribution in [3.8, 4) is 11.1 Å². The molecular formula is C37H44Cl3N3O4. The van der Waals surface area contributed by atoms with Crippen molar-refractivity contribution < 1.29 is 19.4 Å². The molecule has 0 unspecified atom stereocenters. The van der Waals surface area contributed by atoms with Gasteiger partial charge in [0.15, 0.2) is 6.29 Å². The molecule has 0 radical (unpaired) electrons. The maximum atomic E-state index is 12.1. The number of likely N-dealkylation sites (tertiary alicyclic amines) is 2. The number of rotatable bonds is 10. The van der Waals surface area contributed by atoms with Gasteiger partial charge in [0, 0.05) is 37.2 Å². The largest absolute Gasteiger partial charge is 0.392 e. The summed E-state index contributed by atoms with van der Waals surface area (Å²) in [6.45, 7) is 8.02. The second-order valence-electron chi connectivity index (χ2n) is 13.1. The molecule has 5 atom stereocenters. The van der Waals surface area contributed by atoms with Crippen LogP contribution in [0, 0.1) is 5.92 Å². The van der Waals surface area contributed by atoms with Crippen molar-refractivity contribution in [1.29, 1.82) is 0 Å². The molecule has 0 bridgehead atoms. The third kappa shape index (κ3) is 8.70. The van der Waals surface area contributed by atoms with Gasteiger partial charge in [0.25, 0.3) is 9.70 Å². The smallest absolute Gasteiger partial charge is 0.272 e. The third-order valence-electron chi connectivity index (χ3n) is 9.83. The number of ether oxygens (including phenoxy) is 2. The Labute approximate surface area is 293 Å². The summed E-state index contributed by atoms with van der Waals surface area (Å²) in [6, 6.07) is 24.8. The first-order valence-corrected chi connectivity index (χ1v) is 17.8. The molecule has 6 rings (SSSR count). The Balaban J connectivity index is 1.23. The van der Waals surface area contributed by atoms with Gasteiger partial charge in [-0.3, -0.25) is 9.69 Å². The summed E-state index contributed by atoms with van der Waals surface area (Å²) < 4.78 is 11.6. The van der Waals surface area contributed by atoms with Crippen LogP contribution in [0.25, 0.3) is 11.1 Å². The van der Waals surface area contributed by atoms with Gasteiger partial charge < -0.3 is 24.8 Å². The number of carbonyl (C=O) groups excluding carboxylic acids is 1. The third-order valence-corrected chi connectivity index (χ3v) is 10.3. The van der Waals surface area contributed by atoms with Gasteiger partial charge >= 0.3 is 0 Å². The number of hydrogen-bond acceptors (Lipinski definition) is 6. The Bertz CT molecular complexity index is 1490. The SMILES string of the molecule is C[C@@H]1[C@H](CN2CCC[C@H]2CN2CCCC2)O[C@H](c2cccc(-c3cccc(CNC(=O)C(Cl)(Cl)Cl)c3)c2)O[C@@H]1c1ccc(CO)cc1. The minimum absolute atomic E-state index is 0.0103. The van der Waals surface area contributed by atoms with E-state index in [4.69, 9.17) is 44.3 Å². The molecule has 0 aromatic heterocycles. The van der Waals surface area contributed by atoms with E-state index >= 15 is 0 Å². The molecule has 2 N–H and O–H groups in total. The minimum atomic E-state index is -2.01. The van der Waals surface area contributed by atoms with Gasteiger partial charge in [-0.05, 0) is 85.3 Å². The number of alkyl halides is 3. The van der Waals surface area contributed by atoms with Crippen LogP contribution in [0.15, 0.2) is 72.8 Å². The highest BCUT2D eigenvalue weighted by Gasteiger charge is 2.41. The molecule has 7 nitrogen and oxygen atoms in total. The van der Waals surface area contributed by atoms with Crippen LogP contribution < -0.4 is 5.32 Å². The average Bonchev–Trinajstić information content (AvgIpc) is 3.77. The monoisotopic (exact) mass is 699 g/mol. The molecule has 3 aromatic rings. The Morgan fingerprint density at radius 2 is 1.60 bits per heavy atom. The Kier molecular flexibility index (Phi) is 11.5. The topological polar surface area (TPSA) is 74.3 Å². The zero-order valence-corrected chi connectivity index (χ0v) is 29.1. The lowest BCUT2D eigenvalue weighted by molar-refractivity contribution is -0.276. The number of nitrogens with zero attached hydrogens (tertiary/aromatic N) is 2. The fourth-order valence-electron chi connectivity index (χ4n) is 7.17. The number of nitrogens with one attached hydrogen (secondary N) is 1. The van der Waals surface area contributed by atoms with Crippen LogP contribution in [-0.4, -0.2) is 69.5 Å². The molecule has 3 heterocycles. The lowest BCUT2D eigenvalue weighted by Gasteiger charge is -2.43. The molecule has 3 saturated heterocycles. The van der Waals surface area contributed by atoms with E-state index in [1.807, 2.05) is 42.5 Å². The number of amides is 1. The maximum absolute atomic E-state index is 12.1. The molecular weight excluding hydrogens is 657 g/mol. The van der Waals surface area contributed by atoms with Crippen molar-refractivity contribution in [1.82, 2.24) is 15.1 Å². The molecule has 252 valence electrons. The fraction of sp³-hybridized carbons (Fsp3) is 0.486. The van der Waals surface area contributed by atoms with Crippen LogP contribution in [0.3, 0.4) is 0 Å². The zero-order valence-electron chi connectivity index (χ0n) is 26.8. The van der Waals surface area contributed by atoms with Crippen LogP contribution in [0.5, 0.6) is 0 Å². The standard InChI is InChI=1S/C37H44Cl3N3O4/c1-25-33(23-43-18-6-11-32(43)22-42-16-2-3-17-42)46-35(47-34(25)28-14-12-26(24-44)13-15-28)31-10-5-9-30(20-31)29-8-4-7-27(19-29)21-41-36(45)37(38,39)40/h4-5,7-10,12-15,19-20,25,32-35,44H,2-3,6,11,16-18,21-24H2,1H3,(H,41,45)/t25-,32+,33+,34+,35+/m1/s1. The Hall–Kier alpha value is -2.20. The Morgan fingerprint density at radius 3 is 2.32 bits per heavy atom. The van der Waals surface area contributed by atoms with E-state index in [0.717, 1.165) is 53.0 Å². The lowest BCUT2D eigenvalue weighted by Crippen LogP contribution is -2.48. The van der Waals surface area contributed by atoms with Crippen molar-refractivity contribution in [3.05, 3.63) is 95.1 Å². The summed E-state index contributed by atoms with van der Waals surface area (Å²) in [4.78, 5) is 17.4. The zero-order chi connectivity index (χ0) is 33.0. The molecule has 10 heteroatoms. The molecule has 0 aliphatic carbocycles. The van der Waals surface area contributed by atoms with E-state index in [1.54, 1.807) is 0 Å². The summed E-state index contributed by atoms with van der Waals surface area (Å²) >= 11 is 17.2. The summed E-state index contributed by atoms with van der Waals surface area (Å²) in [6.07, 6.45) is 4.33. The van der Waals surface area contributed by atoms with Gasteiger partial charge in [-0.15, -0.1) is 0 Å². The number of halogens is 3. The predicted molar refractivity (Wildman–Crippen MR) is 187 cm³/mol. The molecule has 0 saturated carbocycles. The van der Waals surface area contributed by atoms with Crippen molar-refractivity contribution in [2.24, 2.45) is 5.92 Å². The van der Waals surface area contributed by atoms with Crippen LogP contribution >= 0.6 is 34.8 Å². The number of benzene rings is 3. The second-order valence-corrected chi connectivity index (χ2v) is 15.4. The minimum Gasteiger partial charge on any atom is -0.392 e. The number of aliphatic hydroxyl groups is 1. The maximum Gasteiger partial charge on any atom is 0.272 e. The van der Waals surface area contributed by atoms with Crippen molar-refractivity contribution in [2.75, 3.05) is 32.7 Å². The number of carbonyl (C=O) groups is 1. The highest BCUT2D eigenvalue weighted by Crippen LogP contribution is 2.43. The highest BCUT2D eigenvalue weighted by atomic mass is 35.6. The van der Waals surface area contributed by atoms with Gasteiger partial charge in [0.2, 0.25) is 0 Å². The summed E-state index contributed by atoms with van der Waals surface area (Å²) in [5.74, 6) is -0.538. The van der Waals surface area contributed by atoms with E-state index in [1.165, 1.54) is 38.8 Å². The normalized spacial score (nSPS) is 25.7. The predicted octanol–water partition coefficient (Wildman–Crippen LogP) is 7.18. The molecule has 47 heavy (non-hydrogen) atoms. The van der Waals surface area contributed by atoms with Gasteiger partial charge in [-0.2, -0.15) is 0 Å². The first-order chi connectivity index (χ1) is 22.7. The summed E-state index contributed by atoms with van der Waals surface area (Å²) in [5, 5.41) is 12.3. The molecule has 3 aliphatic heterocycles. The van der Waals surface area contributed by atoms with E-state index in [9.17, 15) is 9.90 Å². The van der Waals surface area contributed by atoms with E-state index in [-0.39, 0.29) is 31.3 Å². The van der Waals surface area contributed by atoms with Crippen LogP contribution in [-0.2, 0) is 27.4 Å². The van der Waals surface area contributed by atoms with Crippen LogP contribution in [0.2, 0.25) is 0 Å². The highest BCUT2D eigenvalue weighted by molar-refractivity contribution is 6.76. The second kappa shape index (κ2) is 15.6. The van der Waals surface area contributed by atoms with Crippen molar-refractivity contribution in [3.63, 3.8) is 0 Å². The van der Waals surface area contributed by atoms with Gasteiger partial charge in [0.05, 0.1) is 18.8 Å². The van der Waals surface area contributed by atoms with Crippen molar-refractivity contribution >= 4 is 40.7 Å². The van der Waals surface area contributed by atoms with Crippen LogP contribution in [0.1, 0.15) is 67.3 Å². The van der Waals surface area contributed by atoms with E-state index < -0.39 is 16.0 Å². The van der Waals surface area contributed by atoms with Gasteiger partial charge in [-0.1, -0.05) is 102 Å². The van der Waals surface area contributed by atoms with Crippen LogP contribution in [0.4, 0.5) is 0 Å². The molecule has 1 amide bonds. The molecule has 0 spiro atoms. The first-order valence-electron chi connectivity index (χ1n) is 16.7. The van der Waals surface area contributed by atoms with E-state index in [0.29, 0.717) is 6.04 Å². The average molecular weight is 701 g/mol. The Morgan fingerprint density at radius 1 is 0.872 bits per heavy atom. The lowest BCUT2D eigenvalue weighted by atomic mass is 9.89. The summed E-state index contributed by atoms with van der Waals surface area (Å²) in [5.41, 5.74) is 5.80. The molecule has 3 aliphatic rings. The molecule has 3 fully saturated rings. The first kappa shape index (κ1) is 34.7. The quantitative estimate of drug-likeness (QED) is 0.218. The number of aliphatic hydroxyl groups excluding tert-OH is 1.